The summed E-state index contributed by atoms with van der Waals surface area (Å²) >= 11 is 0. The molecule has 20 heavy (non-hydrogen) atoms. The Morgan fingerprint density at radius 3 is 2.60 bits per heavy atom. The van der Waals surface area contributed by atoms with Crippen LogP contribution in [0.4, 0.5) is 10.1 Å². The summed E-state index contributed by atoms with van der Waals surface area (Å²) in [7, 11) is -3.76. The summed E-state index contributed by atoms with van der Waals surface area (Å²) in [5.41, 5.74) is 7.12. The van der Waals surface area contributed by atoms with Crippen molar-refractivity contribution in [3.63, 3.8) is 0 Å². The van der Waals surface area contributed by atoms with Crippen LogP contribution in [0.15, 0.2) is 47.4 Å². The van der Waals surface area contributed by atoms with Gasteiger partial charge in [0.1, 0.15) is 5.82 Å². The van der Waals surface area contributed by atoms with Crippen molar-refractivity contribution in [2.75, 3.05) is 5.73 Å². The summed E-state index contributed by atoms with van der Waals surface area (Å²) in [6.45, 7) is 2.07. The van der Waals surface area contributed by atoms with Gasteiger partial charge in [-0.05, 0) is 30.7 Å². The Balaban J connectivity index is 2.17. The Hall–Kier alpha value is -1.92. The predicted molar refractivity (Wildman–Crippen MR) is 76.0 cm³/mol. The highest BCUT2D eigenvalue weighted by Gasteiger charge is 2.15. The smallest absolute Gasteiger partial charge is 0.240 e. The van der Waals surface area contributed by atoms with Gasteiger partial charge < -0.3 is 5.73 Å². The lowest BCUT2D eigenvalue weighted by Gasteiger charge is -2.08. The van der Waals surface area contributed by atoms with Crippen molar-refractivity contribution in [3.8, 4) is 0 Å². The fraction of sp³-hybridized carbons (Fsp3) is 0.143. The molecule has 0 spiro atoms. The Kier molecular flexibility index (Phi) is 4.06. The topological polar surface area (TPSA) is 72.2 Å². The maximum atomic E-state index is 13.3. The molecule has 2 aromatic carbocycles. The third-order valence-corrected chi connectivity index (χ3v) is 4.23. The number of anilines is 1. The molecule has 0 bridgehead atoms. The van der Waals surface area contributed by atoms with Crippen LogP contribution < -0.4 is 10.5 Å². The van der Waals surface area contributed by atoms with Crippen LogP contribution in [-0.4, -0.2) is 8.42 Å². The Morgan fingerprint density at radius 1 is 1.20 bits per heavy atom. The minimum atomic E-state index is -3.76. The minimum absolute atomic E-state index is 0.0809. The van der Waals surface area contributed by atoms with Gasteiger partial charge >= 0.3 is 0 Å². The SMILES string of the molecule is Cc1cccc(CNS(=O)(=O)c2ccc(N)c(F)c2)c1. The number of hydrogen-bond acceptors (Lipinski definition) is 3. The van der Waals surface area contributed by atoms with Crippen LogP contribution >= 0.6 is 0 Å². The van der Waals surface area contributed by atoms with Crippen LogP contribution in [0.2, 0.25) is 0 Å². The van der Waals surface area contributed by atoms with Gasteiger partial charge in [0.2, 0.25) is 10.0 Å². The van der Waals surface area contributed by atoms with E-state index in [2.05, 4.69) is 4.72 Å². The maximum Gasteiger partial charge on any atom is 0.240 e. The van der Waals surface area contributed by atoms with Gasteiger partial charge in [-0.25, -0.2) is 17.5 Å². The van der Waals surface area contributed by atoms with Crippen molar-refractivity contribution in [1.29, 1.82) is 0 Å². The van der Waals surface area contributed by atoms with Crippen molar-refractivity contribution >= 4 is 15.7 Å². The molecule has 0 aliphatic heterocycles. The van der Waals surface area contributed by atoms with Crippen molar-refractivity contribution in [1.82, 2.24) is 4.72 Å². The number of nitrogens with one attached hydrogen (secondary N) is 1. The molecule has 3 N–H and O–H groups in total. The summed E-state index contributed by atoms with van der Waals surface area (Å²) in [6, 6.07) is 10.9. The molecule has 2 rings (SSSR count). The van der Waals surface area contributed by atoms with Crippen LogP contribution in [0.25, 0.3) is 0 Å². The van der Waals surface area contributed by atoms with Crippen LogP contribution in [0, 0.1) is 12.7 Å². The molecule has 0 amide bonds. The van der Waals surface area contributed by atoms with E-state index in [9.17, 15) is 12.8 Å². The number of aryl methyl sites for hydroxylation is 1. The number of nitrogen functional groups attached to an aromatic ring is 1. The van der Waals surface area contributed by atoms with Crippen LogP contribution in [0.3, 0.4) is 0 Å². The lowest BCUT2D eigenvalue weighted by atomic mass is 10.1. The van der Waals surface area contributed by atoms with Crippen molar-refractivity contribution < 1.29 is 12.8 Å². The maximum absolute atomic E-state index is 13.3. The number of rotatable bonds is 4. The number of hydrogen-bond donors (Lipinski definition) is 2. The minimum Gasteiger partial charge on any atom is -0.396 e. The molecule has 2 aromatic rings. The zero-order valence-electron chi connectivity index (χ0n) is 10.9. The number of nitrogens with two attached hydrogens (primary N) is 1. The zero-order chi connectivity index (χ0) is 14.8. The van der Waals surface area contributed by atoms with E-state index in [0.717, 1.165) is 17.2 Å². The lowest BCUT2D eigenvalue weighted by Crippen LogP contribution is -2.23. The monoisotopic (exact) mass is 294 g/mol. The van der Waals surface area contributed by atoms with E-state index < -0.39 is 15.8 Å². The average molecular weight is 294 g/mol. The van der Waals surface area contributed by atoms with Gasteiger partial charge in [0, 0.05) is 6.54 Å². The van der Waals surface area contributed by atoms with Gasteiger partial charge in [0.05, 0.1) is 10.6 Å². The molecule has 0 atom stereocenters. The molecule has 0 saturated heterocycles. The summed E-state index contributed by atoms with van der Waals surface area (Å²) in [5, 5.41) is 0. The van der Waals surface area contributed by atoms with Gasteiger partial charge in [-0.2, -0.15) is 0 Å². The summed E-state index contributed by atoms with van der Waals surface area (Å²) in [6.07, 6.45) is 0. The molecule has 0 saturated carbocycles. The Labute approximate surface area is 117 Å². The second-order valence-corrected chi connectivity index (χ2v) is 6.26. The second-order valence-electron chi connectivity index (χ2n) is 4.50. The number of benzene rings is 2. The fourth-order valence-electron chi connectivity index (χ4n) is 1.76. The molecule has 4 nitrogen and oxygen atoms in total. The molecule has 0 radical (unpaired) electrons. The van der Waals surface area contributed by atoms with E-state index in [1.165, 1.54) is 12.1 Å². The van der Waals surface area contributed by atoms with E-state index >= 15 is 0 Å². The van der Waals surface area contributed by atoms with E-state index in [1.807, 2.05) is 31.2 Å². The zero-order valence-corrected chi connectivity index (χ0v) is 11.7. The quantitative estimate of drug-likeness (QED) is 0.849. The molecule has 6 heteroatoms. The Bertz CT molecular complexity index is 730. The first-order valence-corrected chi connectivity index (χ1v) is 7.47. The number of halogens is 1. The highest BCUT2D eigenvalue weighted by Crippen LogP contribution is 2.16. The number of sulfonamides is 1. The third-order valence-electron chi connectivity index (χ3n) is 2.83. The lowest BCUT2D eigenvalue weighted by molar-refractivity contribution is 0.578. The van der Waals surface area contributed by atoms with Gasteiger partial charge in [-0.3, -0.25) is 0 Å². The second kappa shape index (κ2) is 5.60. The first kappa shape index (κ1) is 14.5. The van der Waals surface area contributed by atoms with E-state index in [0.29, 0.717) is 0 Å². The van der Waals surface area contributed by atoms with Gasteiger partial charge in [0.15, 0.2) is 0 Å². The molecule has 0 fully saturated rings. The molecule has 106 valence electrons. The normalized spacial score (nSPS) is 11.5. The summed E-state index contributed by atoms with van der Waals surface area (Å²) in [5.74, 6) is -0.747. The van der Waals surface area contributed by atoms with Crippen molar-refractivity contribution in [2.24, 2.45) is 0 Å². The first-order valence-electron chi connectivity index (χ1n) is 5.99. The highest BCUT2D eigenvalue weighted by molar-refractivity contribution is 7.89. The largest absolute Gasteiger partial charge is 0.396 e. The summed E-state index contributed by atoms with van der Waals surface area (Å²) in [4.78, 5) is -0.142. The van der Waals surface area contributed by atoms with Gasteiger partial charge in [-0.15, -0.1) is 0 Å². The molecular weight excluding hydrogens is 279 g/mol. The van der Waals surface area contributed by atoms with Gasteiger partial charge in [-0.1, -0.05) is 29.8 Å². The highest BCUT2D eigenvalue weighted by atomic mass is 32.2. The predicted octanol–water partition coefficient (Wildman–Crippen LogP) is 2.19. The first-order chi connectivity index (χ1) is 9.38. The molecule has 0 unspecified atom stereocenters. The Morgan fingerprint density at radius 2 is 1.95 bits per heavy atom. The molecular formula is C14H15FN2O2S. The van der Waals surface area contributed by atoms with Crippen LogP contribution in [0.1, 0.15) is 11.1 Å². The van der Waals surface area contributed by atoms with E-state index in [1.54, 1.807) is 0 Å². The molecule has 0 heterocycles. The standard InChI is InChI=1S/C14H15FN2O2S/c1-10-3-2-4-11(7-10)9-17-20(18,19)12-5-6-14(16)13(15)8-12/h2-8,17H,9,16H2,1H3. The third kappa shape index (κ3) is 3.34. The summed E-state index contributed by atoms with van der Waals surface area (Å²) < 4.78 is 39.8. The van der Waals surface area contributed by atoms with Gasteiger partial charge in [0.25, 0.3) is 0 Å². The van der Waals surface area contributed by atoms with Crippen LogP contribution in [-0.2, 0) is 16.6 Å². The van der Waals surface area contributed by atoms with Crippen LogP contribution in [0.5, 0.6) is 0 Å². The van der Waals surface area contributed by atoms with E-state index in [-0.39, 0.29) is 17.1 Å². The molecule has 0 aromatic heterocycles. The molecule has 0 aliphatic rings. The molecule has 0 aliphatic carbocycles. The van der Waals surface area contributed by atoms with Crippen molar-refractivity contribution in [2.45, 2.75) is 18.4 Å². The average Bonchev–Trinajstić information content (AvgIpc) is 2.40. The van der Waals surface area contributed by atoms with E-state index in [4.69, 9.17) is 5.73 Å². The fourth-order valence-corrected chi connectivity index (χ4v) is 2.79. The van der Waals surface area contributed by atoms with Crippen molar-refractivity contribution in [3.05, 3.63) is 59.4 Å².